The molecule has 0 aromatic carbocycles. The van der Waals surface area contributed by atoms with Gasteiger partial charge < -0.3 is 5.11 Å². The van der Waals surface area contributed by atoms with Gasteiger partial charge >= 0.3 is 12.1 Å². The standard InChI is InChI=1S/C8H3F6NO/c9-6-4(8(12,13)14)3-2(15-6)1-7(10,11)5(3)16/h16H,1H2. The molecule has 0 radical (unpaired) electrons. The first-order valence-corrected chi connectivity index (χ1v) is 4.01. The van der Waals surface area contributed by atoms with Gasteiger partial charge in [-0.3, -0.25) is 0 Å². The molecule has 8 heteroatoms. The summed E-state index contributed by atoms with van der Waals surface area (Å²) in [6.07, 6.45) is -6.39. The fourth-order valence-corrected chi connectivity index (χ4v) is 1.60. The molecule has 0 aromatic rings. The fraction of sp³-hybridized carbons (Fsp3) is 0.375. The molecule has 0 unspecified atom stereocenters. The molecule has 0 spiro atoms. The molecule has 1 N–H and O–H groups in total. The molecule has 2 nitrogen and oxygen atoms in total. The summed E-state index contributed by atoms with van der Waals surface area (Å²) in [5, 5.41) is 8.93. The highest BCUT2D eigenvalue weighted by Crippen LogP contribution is 2.48. The Morgan fingerprint density at radius 3 is 2.31 bits per heavy atom. The number of allylic oxidation sites excluding steroid dienone is 3. The van der Waals surface area contributed by atoms with Gasteiger partial charge in [-0.15, -0.1) is 0 Å². The molecule has 2 rings (SSSR count). The number of aliphatic imine (C=N–C) groups is 1. The van der Waals surface area contributed by atoms with Crippen molar-refractivity contribution in [3.05, 3.63) is 22.9 Å². The second-order valence-electron chi connectivity index (χ2n) is 3.33. The molecule has 0 bridgehead atoms. The second-order valence-corrected chi connectivity index (χ2v) is 3.33. The lowest BCUT2D eigenvalue weighted by atomic mass is 10.1. The number of nitrogens with zero attached hydrogens (tertiary/aromatic N) is 1. The number of hydrogen-bond donors (Lipinski definition) is 1. The zero-order chi connectivity index (χ0) is 12.3. The van der Waals surface area contributed by atoms with Crippen molar-refractivity contribution >= 4 is 5.71 Å². The summed E-state index contributed by atoms with van der Waals surface area (Å²) in [7, 11) is 0. The Balaban J connectivity index is 2.61. The van der Waals surface area contributed by atoms with E-state index < -0.39 is 47.1 Å². The summed E-state index contributed by atoms with van der Waals surface area (Å²) in [6.45, 7) is 0. The van der Waals surface area contributed by atoms with E-state index in [0.717, 1.165) is 0 Å². The van der Waals surface area contributed by atoms with Crippen molar-refractivity contribution in [3.8, 4) is 0 Å². The monoisotopic (exact) mass is 243 g/mol. The van der Waals surface area contributed by atoms with Crippen LogP contribution in [0.15, 0.2) is 27.8 Å². The Morgan fingerprint density at radius 2 is 1.81 bits per heavy atom. The summed E-state index contributed by atoms with van der Waals surface area (Å²) >= 11 is 0. The molecule has 0 fully saturated rings. The first kappa shape index (κ1) is 11.0. The maximum Gasteiger partial charge on any atom is 0.421 e. The molecule has 16 heavy (non-hydrogen) atoms. The minimum Gasteiger partial charge on any atom is -0.506 e. The Hall–Kier alpha value is -1.47. The quantitative estimate of drug-likeness (QED) is 0.514. The minimum atomic E-state index is -5.17. The smallest absolute Gasteiger partial charge is 0.421 e. The molecular weight excluding hydrogens is 240 g/mol. The van der Waals surface area contributed by atoms with Gasteiger partial charge in [0, 0.05) is 0 Å². The van der Waals surface area contributed by atoms with Gasteiger partial charge in [0.1, 0.15) is 5.57 Å². The lowest BCUT2D eigenvalue weighted by Crippen LogP contribution is -2.17. The molecule has 0 aromatic heterocycles. The summed E-state index contributed by atoms with van der Waals surface area (Å²) in [6, 6.07) is 0. The molecule has 0 saturated heterocycles. The fourth-order valence-electron chi connectivity index (χ4n) is 1.60. The first-order chi connectivity index (χ1) is 7.14. The largest absolute Gasteiger partial charge is 0.506 e. The van der Waals surface area contributed by atoms with Crippen LogP contribution < -0.4 is 0 Å². The minimum absolute atomic E-state index is 0.771. The first-order valence-electron chi connectivity index (χ1n) is 4.01. The van der Waals surface area contributed by atoms with Crippen LogP contribution in [0.3, 0.4) is 0 Å². The van der Waals surface area contributed by atoms with Crippen molar-refractivity contribution in [2.45, 2.75) is 18.5 Å². The molecule has 0 amide bonds. The number of halogens is 6. The van der Waals surface area contributed by atoms with E-state index in [1.807, 2.05) is 0 Å². The van der Waals surface area contributed by atoms with Crippen LogP contribution in [0.25, 0.3) is 0 Å². The van der Waals surface area contributed by atoms with Crippen LogP contribution in [0.4, 0.5) is 26.3 Å². The van der Waals surface area contributed by atoms with Crippen molar-refractivity contribution in [1.82, 2.24) is 0 Å². The average molecular weight is 243 g/mol. The number of fused-ring (bicyclic) bond motifs is 1. The number of aliphatic hydroxyl groups is 1. The molecular formula is C8H3F6NO. The van der Waals surface area contributed by atoms with Crippen molar-refractivity contribution in [1.29, 1.82) is 0 Å². The van der Waals surface area contributed by atoms with E-state index in [9.17, 15) is 26.3 Å². The van der Waals surface area contributed by atoms with Crippen molar-refractivity contribution in [2.75, 3.05) is 0 Å². The lowest BCUT2D eigenvalue weighted by Gasteiger charge is -2.10. The number of alkyl halides is 5. The van der Waals surface area contributed by atoms with Gasteiger partial charge in [-0.05, 0) is 0 Å². The maximum atomic E-state index is 12.8. The van der Waals surface area contributed by atoms with E-state index in [1.165, 1.54) is 0 Å². The van der Waals surface area contributed by atoms with Gasteiger partial charge in [-0.2, -0.15) is 26.3 Å². The van der Waals surface area contributed by atoms with Crippen LogP contribution >= 0.6 is 0 Å². The highest BCUT2D eigenvalue weighted by Gasteiger charge is 2.55. The zero-order valence-corrected chi connectivity index (χ0v) is 7.37. The Bertz CT molecular complexity index is 456. The Labute approximate surface area is 84.6 Å². The predicted molar refractivity (Wildman–Crippen MR) is 40.8 cm³/mol. The van der Waals surface area contributed by atoms with E-state index in [2.05, 4.69) is 4.99 Å². The molecule has 2 aliphatic rings. The normalized spacial score (nSPS) is 24.0. The Kier molecular flexibility index (Phi) is 1.93. The molecule has 1 aliphatic carbocycles. The molecule has 0 atom stereocenters. The van der Waals surface area contributed by atoms with Gasteiger partial charge in [0.15, 0.2) is 5.76 Å². The van der Waals surface area contributed by atoms with Crippen LogP contribution in [-0.4, -0.2) is 22.9 Å². The second kappa shape index (κ2) is 2.80. The highest BCUT2D eigenvalue weighted by atomic mass is 19.4. The number of rotatable bonds is 0. The predicted octanol–water partition coefficient (Wildman–Crippen LogP) is 3.04. The van der Waals surface area contributed by atoms with Crippen molar-refractivity contribution in [3.63, 3.8) is 0 Å². The van der Waals surface area contributed by atoms with E-state index in [0.29, 0.717) is 0 Å². The van der Waals surface area contributed by atoms with Crippen LogP contribution in [0.5, 0.6) is 0 Å². The van der Waals surface area contributed by atoms with Crippen molar-refractivity contribution < 1.29 is 31.4 Å². The Morgan fingerprint density at radius 1 is 1.25 bits per heavy atom. The highest BCUT2D eigenvalue weighted by molar-refractivity contribution is 6.10. The topological polar surface area (TPSA) is 32.6 Å². The lowest BCUT2D eigenvalue weighted by molar-refractivity contribution is -0.0908. The van der Waals surface area contributed by atoms with E-state index in [1.54, 1.807) is 0 Å². The third-order valence-electron chi connectivity index (χ3n) is 2.23. The zero-order valence-electron chi connectivity index (χ0n) is 7.37. The third kappa shape index (κ3) is 1.32. The van der Waals surface area contributed by atoms with Crippen LogP contribution in [-0.2, 0) is 0 Å². The number of aliphatic hydroxyl groups excluding tert-OH is 1. The molecule has 1 aliphatic heterocycles. The SMILES string of the molecule is OC1=C2C(=NC(F)=C2C(F)(F)F)CC1(F)F. The maximum absolute atomic E-state index is 12.8. The number of hydrogen-bond acceptors (Lipinski definition) is 2. The van der Waals surface area contributed by atoms with Crippen LogP contribution in [0.2, 0.25) is 0 Å². The van der Waals surface area contributed by atoms with E-state index >= 15 is 0 Å². The summed E-state index contributed by atoms with van der Waals surface area (Å²) in [5.74, 6) is -7.48. The van der Waals surface area contributed by atoms with Gasteiger partial charge in [0.05, 0.1) is 17.7 Å². The van der Waals surface area contributed by atoms with Crippen LogP contribution in [0.1, 0.15) is 6.42 Å². The van der Waals surface area contributed by atoms with Crippen molar-refractivity contribution in [2.24, 2.45) is 4.99 Å². The molecule has 88 valence electrons. The van der Waals surface area contributed by atoms with Crippen LogP contribution in [0, 0.1) is 0 Å². The summed E-state index contributed by atoms with van der Waals surface area (Å²) in [5.41, 5.74) is -3.93. The summed E-state index contributed by atoms with van der Waals surface area (Å²) in [4.78, 5) is 2.76. The van der Waals surface area contributed by atoms with Gasteiger partial charge in [0.25, 0.3) is 0 Å². The molecule has 0 saturated carbocycles. The average Bonchev–Trinajstić information content (AvgIpc) is 2.46. The van der Waals surface area contributed by atoms with E-state index in [-0.39, 0.29) is 0 Å². The third-order valence-corrected chi connectivity index (χ3v) is 2.23. The summed E-state index contributed by atoms with van der Waals surface area (Å²) < 4.78 is 75.4. The molecule has 1 heterocycles. The van der Waals surface area contributed by atoms with Gasteiger partial charge in [-0.1, -0.05) is 0 Å². The van der Waals surface area contributed by atoms with E-state index in [4.69, 9.17) is 5.11 Å². The van der Waals surface area contributed by atoms with Gasteiger partial charge in [0.2, 0.25) is 5.95 Å². The van der Waals surface area contributed by atoms with Gasteiger partial charge in [-0.25, -0.2) is 4.99 Å².